The molecule has 0 aliphatic carbocycles. The monoisotopic (exact) mass is 305 g/mol. The number of thiazole rings is 1. The molecule has 0 saturated carbocycles. The molecule has 0 spiro atoms. The zero-order chi connectivity index (χ0) is 15.0. The van der Waals surface area contributed by atoms with Gasteiger partial charge in [0.1, 0.15) is 0 Å². The third-order valence-corrected chi connectivity index (χ3v) is 4.56. The molecule has 1 fully saturated rings. The first-order chi connectivity index (χ1) is 10.0. The zero-order valence-electron chi connectivity index (χ0n) is 11.3. The van der Waals surface area contributed by atoms with E-state index in [1.165, 1.54) is 11.3 Å². The zero-order valence-corrected chi connectivity index (χ0v) is 12.1. The fourth-order valence-electron chi connectivity index (χ4n) is 2.62. The predicted octanol–water partition coefficient (Wildman–Crippen LogP) is 1.82. The summed E-state index contributed by atoms with van der Waals surface area (Å²) >= 11 is 1.34. The molecule has 2 heterocycles. The number of nitrogens with two attached hydrogens (primary N) is 1. The maximum Gasteiger partial charge on any atom is 0.308 e. The summed E-state index contributed by atoms with van der Waals surface area (Å²) in [4.78, 5) is 29.4. The molecule has 2 aromatic rings. The number of hydrogen-bond acceptors (Lipinski definition) is 5. The summed E-state index contributed by atoms with van der Waals surface area (Å²) in [5, 5.41) is 9.56. The van der Waals surface area contributed by atoms with E-state index in [2.05, 4.69) is 4.98 Å². The number of likely N-dealkylation sites (tertiary alicyclic amines) is 1. The Morgan fingerprint density at radius 2 is 2.24 bits per heavy atom. The van der Waals surface area contributed by atoms with Gasteiger partial charge in [-0.2, -0.15) is 0 Å². The van der Waals surface area contributed by atoms with Crippen molar-refractivity contribution in [2.45, 2.75) is 12.8 Å². The molecule has 1 atom stereocenters. The summed E-state index contributed by atoms with van der Waals surface area (Å²) in [6, 6.07) is 5.26. The summed E-state index contributed by atoms with van der Waals surface area (Å²) < 4.78 is 0.866. The van der Waals surface area contributed by atoms with Crippen LogP contribution in [0.2, 0.25) is 0 Å². The summed E-state index contributed by atoms with van der Waals surface area (Å²) in [7, 11) is 0. The number of fused-ring (bicyclic) bond motifs is 1. The predicted molar refractivity (Wildman–Crippen MR) is 80.3 cm³/mol. The molecule has 110 valence electrons. The number of nitrogen functional groups attached to an aromatic ring is 1. The highest BCUT2D eigenvalue weighted by Gasteiger charge is 2.28. The van der Waals surface area contributed by atoms with E-state index >= 15 is 0 Å². The molecule has 7 heteroatoms. The number of nitrogens with zero attached hydrogens (tertiary/aromatic N) is 2. The topological polar surface area (TPSA) is 96.5 Å². The van der Waals surface area contributed by atoms with E-state index in [9.17, 15) is 9.59 Å². The molecular formula is C14H15N3O3S. The van der Waals surface area contributed by atoms with Gasteiger partial charge < -0.3 is 15.7 Å². The standard InChI is InChI=1S/C14H15N3O3S/c15-14-16-10-4-3-8(6-11(10)21-14)12(18)17-5-1-2-9(7-17)13(19)20/h3-4,6,9H,1-2,5,7H2,(H2,15,16)(H,19,20)/t9-/m0/s1. The highest BCUT2D eigenvalue weighted by molar-refractivity contribution is 7.22. The van der Waals surface area contributed by atoms with Crippen molar-refractivity contribution in [2.24, 2.45) is 5.92 Å². The van der Waals surface area contributed by atoms with Crippen LogP contribution >= 0.6 is 11.3 Å². The summed E-state index contributed by atoms with van der Waals surface area (Å²) in [5.74, 6) is -1.43. The van der Waals surface area contributed by atoms with Crippen LogP contribution in [0.5, 0.6) is 0 Å². The van der Waals surface area contributed by atoms with Crippen LogP contribution in [-0.4, -0.2) is 40.0 Å². The number of rotatable bonds is 2. The number of anilines is 1. The highest BCUT2D eigenvalue weighted by atomic mass is 32.1. The number of aromatic nitrogens is 1. The summed E-state index contributed by atoms with van der Waals surface area (Å²) in [5.41, 5.74) is 6.98. The number of amides is 1. The van der Waals surface area contributed by atoms with Crippen molar-refractivity contribution in [3.05, 3.63) is 23.8 Å². The number of carboxylic acids is 1. The van der Waals surface area contributed by atoms with Crippen LogP contribution in [0.3, 0.4) is 0 Å². The van der Waals surface area contributed by atoms with Crippen molar-refractivity contribution in [3.8, 4) is 0 Å². The van der Waals surface area contributed by atoms with Crippen LogP contribution in [0.15, 0.2) is 18.2 Å². The summed E-state index contributed by atoms with van der Waals surface area (Å²) in [6.45, 7) is 0.877. The highest BCUT2D eigenvalue weighted by Crippen LogP contribution is 2.26. The molecule has 1 amide bonds. The lowest BCUT2D eigenvalue weighted by Crippen LogP contribution is -2.42. The van der Waals surface area contributed by atoms with E-state index in [0.717, 1.165) is 16.6 Å². The van der Waals surface area contributed by atoms with Gasteiger partial charge >= 0.3 is 5.97 Å². The fraction of sp³-hybridized carbons (Fsp3) is 0.357. The van der Waals surface area contributed by atoms with E-state index in [4.69, 9.17) is 10.8 Å². The number of aliphatic carboxylic acids is 1. The molecule has 0 radical (unpaired) electrons. The van der Waals surface area contributed by atoms with Gasteiger partial charge in [0.15, 0.2) is 5.13 Å². The number of benzene rings is 1. The van der Waals surface area contributed by atoms with Crippen LogP contribution < -0.4 is 5.73 Å². The van der Waals surface area contributed by atoms with Crippen LogP contribution in [0, 0.1) is 5.92 Å². The van der Waals surface area contributed by atoms with E-state index in [1.54, 1.807) is 23.1 Å². The Kier molecular flexibility index (Phi) is 3.50. The SMILES string of the molecule is Nc1nc2ccc(C(=O)N3CCC[C@H](C(=O)O)C3)cc2s1. The number of carboxylic acid groups (broad SMARTS) is 1. The maximum absolute atomic E-state index is 12.5. The molecule has 0 bridgehead atoms. The molecule has 1 saturated heterocycles. The first-order valence-electron chi connectivity index (χ1n) is 6.73. The third-order valence-electron chi connectivity index (χ3n) is 3.71. The van der Waals surface area contributed by atoms with E-state index < -0.39 is 11.9 Å². The number of carbonyl (C=O) groups is 2. The van der Waals surface area contributed by atoms with Crippen molar-refractivity contribution in [1.29, 1.82) is 0 Å². The van der Waals surface area contributed by atoms with Gasteiger partial charge in [-0.3, -0.25) is 9.59 Å². The van der Waals surface area contributed by atoms with Crippen LogP contribution in [-0.2, 0) is 4.79 Å². The molecular weight excluding hydrogens is 290 g/mol. The van der Waals surface area contributed by atoms with Gasteiger partial charge in [-0.05, 0) is 31.0 Å². The average molecular weight is 305 g/mol. The summed E-state index contributed by atoms with van der Waals surface area (Å²) in [6.07, 6.45) is 1.35. The van der Waals surface area contributed by atoms with Crippen molar-refractivity contribution in [3.63, 3.8) is 0 Å². The van der Waals surface area contributed by atoms with Crippen molar-refractivity contribution in [1.82, 2.24) is 9.88 Å². The Morgan fingerprint density at radius 1 is 1.43 bits per heavy atom. The smallest absolute Gasteiger partial charge is 0.308 e. The normalized spacial score (nSPS) is 18.9. The molecule has 0 unspecified atom stereocenters. The fourth-order valence-corrected chi connectivity index (χ4v) is 3.39. The molecule has 3 N–H and O–H groups in total. The first-order valence-corrected chi connectivity index (χ1v) is 7.54. The Balaban J connectivity index is 1.84. The van der Waals surface area contributed by atoms with Crippen LogP contribution in [0.25, 0.3) is 10.2 Å². The number of carbonyl (C=O) groups excluding carboxylic acids is 1. The maximum atomic E-state index is 12.5. The van der Waals surface area contributed by atoms with Crippen LogP contribution in [0.4, 0.5) is 5.13 Å². The van der Waals surface area contributed by atoms with Gasteiger partial charge in [-0.15, -0.1) is 0 Å². The van der Waals surface area contributed by atoms with Crippen LogP contribution in [0.1, 0.15) is 23.2 Å². The quantitative estimate of drug-likeness (QED) is 0.882. The number of piperidine rings is 1. The Bertz CT molecular complexity index is 713. The van der Waals surface area contributed by atoms with Gasteiger partial charge in [-0.1, -0.05) is 11.3 Å². The minimum Gasteiger partial charge on any atom is -0.481 e. The lowest BCUT2D eigenvalue weighted by molar-refractivity contribution is -0.143. The lowest BCUT2D eigenvalue weighted by atomic mass is 9.97. The second kappa shape index (κ2) is 5.33. The largest absolute Gasteiger partial charge is 0.481 e. The lowest BCUT2D eigenvalue weighted by Gasteiger charge is -2.30. The minimum atomic E-state index is -0.835. The average Bonchev–Trinajstić information content (AvgIpc) is 2.85. The molecule has 21 heavy (non-hydrogen) atoms. The molecule has 1 aliphatic heterocycles. The second-order valence-corrected chi connectivity index (χ2v) is 6.23. The number of hydrogen-bond donors (Lipinski definition) is 2. The van der Waals surface area contributed by atoms with Gasteiger partial charge in [0.2, 0.25) is 0 Å². The molecule has 1 aromatic carbocycles. The molecule has 3 rings (SSSR count). The van der Waals surface area contributed by atoms with Crippen molar-refractivity contribution in [2.75, 3.05) is 18.8 Å². The minimum absolute atomic E-state index is 0.130. The second-order valence-electron chi connectivity index (χ2n) is 5.16. The van der Waals surface area contributed by atoms with Crippen molar-refractivity contribution < 1.29 is 14.7 Å². The van der Waals surface area contributed by atoms with Gasteiger partial charge in [-0.25, -0.2) is 4.98 Å². The van der Waals surface area contributed by atoms with E-state index in [0.29, 0.717) is 23.7 Å². The molecule has 1 aliphatic rings. The Labute approximate surface area is 125 Å². The van der Waals surface area contributed by atoms with E-state index in [1.807, 2.05) is 0 Å². The molecule has 6 nitrogen and oxygen atoms in total. The van der Waals surface area contributed by atoms with E-state index in [-0.39, 0.29) is 12.5 Å². The molecule has 1 aromatic heterocycles. The van der Waals surface area contributed by atoms with Gasteiger partial charge in [0.05, 0.1) is 16.1 Å². The van der Waals surface area contributed by atoms with Gasteiger partial charge in [0.25, 0.3) is 5.91 Å². The van der Waals surface area contributed by atoms with Gasteiger partial charge in [0, 0.05) is 18.7 Å². The third kappa shape index (κ3) is 2.69. The Morgan fingerprint density at radius 3 is 3.00 bits per heavy atom. The Hall–Kier alpha value is -2.15. The first kappa shape index (κ1) is 13.8. The van der Waals surface area contributed by atoms with Crippen molar-refractivity contribution >= 4 is 38.6 Å².